The van der Waals surface area contributed by atoms with Gasteiger partial charge in [-0.05, 0) is 25.1 Å². The van der Waals surface area contributed by atoms with Gasteiger partial charge in [0.25, 0.3) is 5.91 Å². The number of methoxy groups -OCH3 is 1. The first-order valence-corrected chi connectivity index (χ1v) is 11.0. The summed E-state index contributed by atoms with van der Waals surface area (Å²) >= 11 is 0. The Kier molecular flexibility index (Phi) is 5.28. The summed E-state index contributed by atoms with van der Waals surface area (Å²) in [5.74, 6) is 1.86. The molecule has 0 saturated carbocycles. The van der Waals surface area contributed by atoms with E-state index in [1.165, 1.54) is 0 Å². The number of carbonyl (C=O) groups excluding carboxylic acids is 1. The van der Waals surface area contributed by atoms with E-state index in [9.17, 15) is 4.79 Å². The number of amides is 1. The van der Waals surface area contributed by atoms with Crippen LogP contribution in [0.3, 0.4) is 0 Å². The summed E-state index contributed by atoms with van der Waals surface area (Å²) in [7, 11) is 1.72. The maximum Gasteiger partial charge on any atom is 0.253 e. The quantitative estimate of drug-likeness (QED) is 0.807. The smallest absolute Gasteiger partial charge is 0.253 e. The Morgan fingerprint density at radius 3 is 2.58 bits per heavy atom. The topological polar surface area (TPSA) is 60.4 Å². The molecule has 3 heterocycles. The summed E-state index contributed by atoms with van der Waals surface area (Å²) in [4.78, 5) is 24.7. The number of benzene rings is 2. The SMILES string of the molecule is COc1ccccc1N1CCN(CCN2C(=O)C3Nc4ccccc4C3N=C2C)CC1. The molecule has 0 spiro atoms. The second-order valence-corrected chi connectivity index (χ2v) is 8.32. The molecule has 7 nitrogen and oxygen atoms in total. The molecule has 31 heavy (non-hydrogen) atoms. The van der Waals surface area contributed by atoms with Crippen LogP contribution in [0.25, 0.3) is 0 Å². The number of anilines is 2. The normalized spacial score (nSPS) is 23.2. The highest BCUT2D eigenvalue weighted by Crippen LogP contribution is 2.39. The van der Waals surface area contributed by atoms with Crippen LogP contribution < -0.4 is 15.0 Å². The zero-order chi connectivity index (χ0) is 21.4. The molecule has 162 valence electrons. The minimum absolute atomic E-state index is 0.107. The van der Waals surface area contributed by atoms with Crippen LogP contribution in [-0.4, -0.2) is 74.0 Å². The van der Waals surface area contributed by atoms with Gasteiger partial charge in [0.05, 0.1) is 12.8 Å². The molecule has 1 N–H and O–H groups in total. The van der Waals surface area contributed by atoms with E-state index in [2.05, 4.69) is 33.3 Å². The van der Waals surface area contributed by atoms with Crippen molar-refractivity contribution in [1.29, 1.82) is 0 Å². The van der Waals surface area contributed by atoms with Gasteiger partial charge in [0.2, 0.25) is 0 Å². The summed E-state index contributed by atoms with van der Waals surface area (Å²) in [5.41, 5.74) is 3.29. The van der Waals surface area contributed by atoms with Crippen molar-refractivity contribution in [1.82, 2.24) is 9.80 Å². The third kappa shape index (κ3) is 3.63. The van der Waals surface area contributed by atoms with Crippen molar-refractivity contribution in [3.8, 4) is 5.75 Å². The summed E-state index contributed by atoms with van der Waals surface area (Å²) in [6.07, 6.45) is 0. The van der Waals surface area contributed by atoms with Crippen LogP contribution in [0.5, 0.6) is 5.75 Å². The average molecular weight is 420 g/mol. The Balaban J connectivity index is 1.19. The fourth-order valence-corrected chi connectivity index (χ4v) is 4.87. The number of ether oxygens (including phenoxy) is 1. The minimum atomic E-state index is -0.288. The summed E-state index contributed by atoms with van der Waals surface area (Å²) in [6.45, 7) is 7.30. The lowest BCUT2D eigenvalue weighted by Crippen LogP contribution is -2.53. The van der Waals surface area contributed by atoms with Crippen LogP contribution >= 0.6 is 0 Å². The van der Waals surface area contributed by atoms with Gasteiger partial charge in [0.15, 0.2) is 0 Å². The van der Waals surface area contributed by atoms with Crippen LogP contribution in [-0.2, 0) is 4.79 Å². The van der Waals surface area contributed by atoms with Crippen molar-refractivity contribution in [2.45, 2.75) is 19.0 Å². The lowest BCUT2D eigenvalue weighted by Gasteiger charge is -2.38. The van der Waals surface area contributed by atoms with E-state index in [-0.39, 0.29) is 18.0 Å². The monoisotopic (exact) mass is 419 g/mol. The molecule has 3 aliphatic rings. The Bertz CT molecular complexity index is 999. The highest BCUT2D eigenvalue weighted by Gasteiger charge is 2.43. The van der Waals surface area contributed by atoms with E-state index < -0.39 is 0 Å². The number of para-hydroxylation sites is 3. The Hall–Kier alpha value is -3.06. The van der Waals surface area contributed by atoms with Crippen LogP contribution in [0.2, 0.25) is 0 Å². The maximum absolute atomic E-state index is 13.2. The molecule has 2 aromatic rings. The summed E-state index contributed by atoms with van der Waals surface area (Å²) < 4.78 is 5.52. The second-order valence-electron chi connectivity index (χ2n) is 8.32. The van der Waals surface area contributed by atoms with E-state index in [4.69, 9.17) is 9.73 Å². The molecular weight excluding hydrogens is 390 g/mol. The van der Waals surface area contributed by atoms with Gasteiger partial charge >= 0.3 is 0 Å². The molecule has 2 aromatic carbocycles. The molecule has 7 heteroatoms. The third-order valence-corrected chi connectivity index (χ3v) is 6.59. The van der Waals surface area contributed by atoms with E-state index in [0.717, 1.165) is 61.2 Å². The molecule has 2 atom stereocenters. The lowest BCUT2D eigenvalue weighted by molar-refractivity contribution is -0.129. The van der Waals surface area contributed by atoms with Gasteiger partial charge in [-0.15, -0.1) is 0 Å². The van der Waals surface area contributed by atoms with Crippen molar-refractivity contribution in [2.24, 2.45) is 4.99 Å². The number of nitrogens with zero attached hydrogens (tertiary/aromatic N) is 4. The van der Waals surface area contributed by atoms with Crippen LogP contribution in [0.15, 0.2) is 53.5 Å². The predicted molar refractivity (Wildman–Crippen MR) is 123 cm³/mol. The Labute approximate surface area is 183 Å². The first-order chi connectivity index (χ1) is 15.2. The number of rotatable bonds is 5. The molecular formula is C24H29N5O2. The van der Waals surface area contributed by atoms with E-state index >= 15 is 0 Å². The molecule has 0 aliphatic carbocycles. The summed E-state index contributed by atoms with van der Waals surface area (Å²) in [5, 5.41) is 3.38. The molecule has 3 aliphatic heterocycles. The number of hydrogen-bond donors (Lipinski definition) is 1. The van der Waals surface area contributed by atoms with Crippen molar-refractivity contribution in [3.05, 3.63) is 54.1 Å². The molecule has 1 amide bonds. The van der Waals surface area contributed by atoms with Crippen LogP contribution in [0.4, 0.5) is 11.4 Å². The highest BCUT2D eigenvalue weighted by molar-refractivity contribution is 6.04. The second kappa shape index (κ2) is 8.23. The lowest BCUT2D eigenvalue weighted by atomic mass is 10.0. The molecule has 2 unspecified atom stereocenters. The number of carbonyl (C=O) groups is 1. The van der Waals surface area contributed by atoms with Gasteiger partial charge in [-0.3, -0.25) is 19.6 Å². The summed E-state index contributed by atoms with van der Waals surface area (Å²) in [6, 6.07) is 15.9. The third-order valence-electron chi connectivity index (χ3n) is 6.59. The molecule has 5 rings (SSSR count). The minimum Gasteiger partial charge on any atom is -0.495 e. The Morgan fingerprint density at radius 1 is 1.03 bits per heavy atom. The number of piperazine rings is 1. The van der Waals surface area contributed by atoms with Gasteiger partial charge < -0.3 is 15.0 Å². The number of fused-ring (bicyclic) bond motifs is 3. The molecule has 0 aromatic heterocycles. The zero-order valence-corrected chi connectivity index (χ0v) is 18.1. The average Bonchev–Trinajstić information content (AvgIpc) is 3.18. The fourth-order valence-electron chi connectivity index (χ4n) is 4.87. The van der Waals surface area contributed by atoms with Gasteiger partial charge in [0, 0.05) is 50.5 Å². The first-order valence-electron chi connectivity index (χ1n) is 11.0. The van der Waals surface area contributed by atoms with E-state index in [0.29, 0.717) is 6.54 Å². The number of amidine groups is 1. The number of hydrogen-bond acceptors (Lipinski definition) is 6. The fraction of sp³-hybridized carbons (Fsp3) is 0.417. The molecule has 0 bridgehead atoms. The first kappa shape index (κ1) is 19.9. The largest absolute Gasteiger partial charge is 0.495 e. The highest BCUT2D eigenvalue weighted by atomic mass is 16.5. The van der Waals surface area contributed by atoms with Gasteiger partial charge in [0.1, 0.15) is 23.7 Å². The Morgan fingerprint density at radius 2 is 1.77 bits per heavy atom. The molecule has 0 radical (unpaired) electrons. The molecule has 1 fully saturated rings. The number of aliphatic imine (C=N–C) groups is 1. The van der Waals surface area contributed by atoms with Crippen molar-refractivity contribution in [3.63, 3.8) is 0 Å². The zero-order valence-electron chi connectivity index (χ0n) is 18.1. The van der Waals surface area contributed by atoms with E-state index in [1.54, 1.807) is 7.11 Å². The molecule has 1 saturated heterocycles. The van der Waals surface area contributed by atoms with Crippen molar-refractivity contribution in [2.75, 3.05) is 56.6 Å². The van der Waals surface area contributed by atoms with Gasteiger partial charge in [-0.2, -0.15) is 0 Å². The van der Waals surface area contributed by atoms with Gasteiger partial charge in [-0.1, -0.05) is 30.3 Å². The van der Waals surface area contributed by atoms with Crippen LogP contribution in [0.1, 0.15) is 18.5 Å². The number of nitrogens with one attached hydrogen (secondary N) is 1. The van der Waals surface area contributed by atoms with Gasteiger partial charge in [-0.25, -0.2) is 0 Å². The predicted octanol–water partition coefficient (Wildman–Crippen LogP) is 2.61. The van der Waals surface area contributed by atoms with Crippen molar-refractivity contribution >= 4 is 23.1 Å². The maximum atomic E-state index is 13.2. The van der Waals surface area contributed by atoms with E-state index in [1.807, 2.05) is 42.2 Å². The van der Waals surface area contributed by atoms with Crippen LogP contribution in [0, 0.1) is 0 Å². The van der Waals surface area contributed by atoms with Crippen molar-refractivity contribution < 1.29 is 9.53 Å². The standard InChI is InChI=1S/C24H29N5O2/c1-17-25-22-18-7-3-4-8-19(18)26-23(22)24(30)29(17)16-13-27-11-14-28(15-12-27)20-9-5-6-10-21(20)31-2/h3-10,22-23,26H,11-16H2,1-2H3.